The molecule has 5 nitrogen and oxygen atoms in total. The lowest BCUT2D eigenvalue weighted by molar-refractivity contribution is 0.216. The van der Waals surface area contributed by atoms with Gasteiger partial charge in [0, 0.05) is 18.5 Å². The molecule has 1 aromatic heterocycles. The Kier molecular flexibility index (Phi) is 4.85. The van der Waals surface area contributed by atoms with Crippen molar-refractivity contribution in [3.05, 3.63) is 5.82 Å². The number of hydrogen-bond acceptors (Lipinski definition) is 4. The molecule has 0 fully saturated rings. The smallest absolute Gasteiger partial charge is 0.175 e. The fourth-order valence-electron chi connectivity index (χ4n) is 1.99. The summed E-state index contributed by atoms with van der Waals surface area (Å²) in [6.45, 7) is 12.1. The zero-order valence-electron chi connectivity index (χ0n) is 12.6. The number of nitrogens with zero attached hydrogens (tertiary/aromatic N) is 4. The molecule has 5 heteroatoms. The highest BCUT2D eigenvalue weighted by Gasteiger charge is 2.29. The first-order chi connectivity index (χ1) is 8.30. The Bertz CT molecular complexity index is 360. The normalized spacial score (nSPS) is 13.0. The first-order valence-electron chi connectivity index (χ1n) is 6.78. The molecule has 0 amide bonds. The Morgan fingerprint density at radius 3 is 2.17 bits per heavy atom. The van der Waals surface area contributed by atoms with Crippen LogP contribution in [0.5, 0.6) is 0 Å². The van der Waals surface area contributed by atoms with Crippen molar-refractivity contribution in [3.8, 4) is 0 Å². The van der Waals surface area contributed by atoms with Gasteiger partial charge in [0.1, 0.15) is 0 Å². The van der Waals surface area contributed by atoms with E-state index in [0.717, 1.165) is 31.6 Å². The third-order valence-corrected chi connectivity index (χ3v) is 3.58. The molecular formula is C13H27N5. The fourth-order valence-corrected chi connectivity index (χ4v) is 1.99. The van der Waals surface area contributed by atoms with Gasteiger partial charge in [-0.2, -0.15) is 4.80 Å². The third-order valence-electron chi connectivity index (χ3n) is 3.58. The maximum Gasteiger partial charge on any atom is 0.175 e. The van der Waals surface area contributed by atoms with Gasteiger partial charge in [0.05, 0.1) is 7.05 Å². The van der Waals surface area contributed by atoms with E-state index in [1.807, 2.05) is 7.05 Å². The molecule has 18 heavy (non-hydrogen) atoms. The lowest BCUT2D eigenvalue weighted by Crippen LogP contribution is -2.44. The van der Waals surface area contributed by atoms with Crippen LogP contribution in [-0.2, 0) is 13.5 Å². The van der Waals surface area contributed by atoms with Crippen LogP contribution in [0.1, 0.15) is 53.3 Å². The second kappa shape index (κ2) is 5.78. The molecular weight excluding hydrogens is 226 g/mol. The van der Waals surface area contributed by atoms with Crippen molar-refractivity contribution < 1.29 is 0 Å². The zero-order chi connectivity index (χ0) is 13.8. The Morgan fingerprint density at radius 1 is 1.17 bits per heavy atom. The lowest BCUT2D eigenvalue weighted by Gasteiger charge is -2.34. The average molecular weight is 253 g/mol. The summed E-state index contributed by atoms with van der Waals surface area (Å²) in [5.74, 6) is 0.844. The topological polar surface area (TPSA) is 55.6 Å². The molecule has 0 spiro atoms. The molecule has 1 heterocycles. The second-order valence-electron chi connectivity index (χ2n) is 6.18. The van der Waals surface area contributed by atoms with Gasteiger partial charge in [-0.3, -0.25) is 0 Å². The summed E-state index contributed by atoms with van der Waals surface area (Å²) >= 11 is 0. The summed E-state index contributed by atoms with van der Waals surface area (Å²) in [7, 11) is 1.81. The van der Waals surface area contributed by atoms with Crippen molar-refractivity contribution in [2.75, 3.05) is 6.54 Å². The maximum atomic E-state index is 4.30. The van der Waals surface area contributed by atoms with Crippen molar-refractivity contribution >= 4 is 0 Å². The Hall–Kier alpha value is -0.970. The minimum Gasteiger partial charge on any atom is -0.312 e. The van der Waals surface area contributed by atoms with Crippen LogP contribution in [0.3, 0.4) is 0 Å². The molecule has 104 valence electrons. The molecule has 0 aromatic carbocycles. The molecule has 0 radical (unpaired) electrons. The van der Waals surface area contributed by atoms with E-state index in [1.165, 1.54) is 4.80 Å². The molecule has 0 aliphatic rings. The predicted molar refractivity (Wildman–Crippen MR) is 73.3 cm³/mol. The van der Waals surface area contributed by atoms with Crippen molar-refractivity contribution in [2.45, 2.75) is 59.4 Å². The van der Waals surface area contributed by atoms with E-state index in [4.69, 9.17) is 0 Å². The number of rotatable bonds is 6. The molecule has 0 aliphatic heterocycles. The van der Waals surface area contributed by atoms with Crippen LogP contribution in [0.2, 0.25) is 0 Å². The molecule has 0 atom stereocenters. The van der Waals surface area contributed by atoms with Crippen LogP contribution in [0.15, 0.2) is 0 Å². The van der Waals surface area contributed by atoms with Gasteiger partial charge >= 0.3 is 0 Å². The van der Waals surface area contributed by atoms with E-state index in [1.54, 1.807) is 0 Å². The van der Waals surface area contributed by atoms with Gasteiger partial charge in [-0.25, -0.2) is 0 Å². The summed E-state index contributed by atoms with van der Waals surface area (Å²) in [4.78, 5) is 1.53. The summed E-state index contributed by atoms with van der Waals surface area (Å²) in [6.07, 6.45) is 3.12. The van der Waals surface area contributed by atoms with Crippen LogP contribution in [0, 0.1) is 5.41 Å². The van der Waals surface area contributed by atoms with Gasteiger partial charge in [0.2, 0.25) is 0 Å². The first kappa shape index (κ1) is 15.1. The van der Waals surface area contributed by atoms with Gasteiger partial charge in [0.25, 0.3) is 0 Å². The maximum absolute atomic E-state index is 4.30. The Balaban J connectivity index is 2.73. The van der Waals surface area contributed by atoms with E-state index < -0.39 is 0 Å². The van der Waals surface area contributed by atoms with Gasteiger partial charge in [0.15, 0.2) is 5.82 Å². The summed E-state index contributed by atoms with van der Waals surface area (Å²) in [5, 5.41) is 15.9. The van der Waals surface area contributed by atoms with Crippen LogP contribution >= 0.6 is 0 Å². The fraction of sp³-hybridized carbons (Fsp3) is 0.923. The van der Waals surface area contributed by atoms with E-state index in [0.29, 0.717) is 0 Å². The van der Waals surface area contributed by atoms with Crippen molar-refractivity contribution in [3.63, 3.8) is 0 Å². The molecule has 0 saturated carbocycles. The Labute approximate surface area is 110 Å². The minimum absolute atomic E-state index is 0.144. The van der Waals surface area contributed by atoms with Gasteiger partial charge in [-0.05, 0) is 44.2 Å². The Morgan fingerprint density at radius 2 is 1.78 bits per heavy atom. The lowest BCUT2D eigenvalue weighted by atomic mass is 9.78. The quantitative estimate of drug-likeness (QED) is 0.842. The standard InChI is InChI=1S/C13H27N5/c1-7-13(8-2,10-14-12(3,4)5)9-11-15-17-18(6)16-11/h14H,7-10H2,1-6H3. The highest BCUT2D eigenvalue weighted by molar-refractivity contribution is 4.92. The van der Waals surface area contributed by atoms with E-state index in [9.17, 15) is 0 Å². The van der Waals surface area contributed by atoms with Crippen molar-refractivity contribution in [1.29, 1.82) is 0 Å². The molecule has 1 rings (SSSR count). The summed E-state index contributed by atoms with van der Waals surface area (Å²) in [5.41, 5.74) is 0.363. The van der Waals surface area contributed by atoms with Crippen LogP contribution in [0.4, 0.5) is 0 Å². The number of tetrazole rings is 1. The highest BCUT2D eigenvalue weighted by atomic mass is 15.6. The van der Waals surface area contributed by atoms with Gasteiger partial charge in [-0.1, -0.05) is 13.8 Å². The van der Waals surface area contributed by atoms with Gasteiger partial charge in [-0.15, -0.1) is 10.2 Å². The zero-order valence-corrected chi connectivity index (χ0v) is 12.6. The number of nitrogens with one attached hydrogen (secondary N) is 1. The molecule has 0 unspecified atom stereocenters. The third kappa shape index (κ3) is 4.37. The molecule has 1 aromatic rings. The SMILES string of the molecule is CCC(CC)(CNC(C)(C)C)Cc1nnn(C)n1. The monoisotopic (exact) mass is 253 g/mol. The molecule has 1 N–H and O–H groups in total. The van der Waals surface area contributed by atoms with E-state index in [2.05, 4.69) is 55.3 Å². The molecule has 0 aliphatic carbocycles. The summed E-state index contributed by atoms with van der Waals surface area (Å²) in [6, 6.07) is 0. The number of hydrogen-bond donors (Lipinski definition) is 1. The van der Waals surface area contributed by atoms with Crippen LogP contribution in [0.25, 0.3) is 0 Å². The summed E-state index contributed by atoms with van der Waals surface area (Å²) < 4.78 is 0. The largest absolute Gasteiger partial charge is 0.312 e. The van der Waals surface area contributed by atoms with Gasteiger partial charge < -0.3 is 5.32 Å². The van der Waals surface area contributed by atoms with Crippen molar-refractivity contribution in [1.82, 2.24) is 25.5 Å². The van der Waals surface area contributed by atoms with E-state index in [-0.39, 0.29) is 11.0 Å². The molecule has 0 saturated heterocycles. The van der Waals surface area contributed by atoms with E-state index >= 15 is 0 Å². The number of aryl methyl sites for hydroxylation is 1. The second-order valence-corrected chi connectivity index (χ2v) is 6.18. The van der Waals surface area contributed by atoms with Crippen LogP contribution < -0.4 is 5.32 Å². The number of aromatic nitrogens is 4. The van der Waals surface area contributed by atoms with Crippen molar-refractivity contribution in [2.24, 2.45) is 12.5 Å². The first-order valence-corrected chi connectivity index (χ1v) is 6.78. The predicted octanol–water partition coefficient (Wildman–Crippen LogP) is 1.95. The average Bonchev–Trinajstić information content (AvgIpc) is 2.69. The highest BCUT2D eigenvalue weighted by Crippen LogP contribution is 2.29. The molecule has 0 bridgehead atoms. The van der Waals surface area contributed by atoms with Crippen LogP contribution in [-0.4, -0.2) is 32.3 Å². The minimum atomic E-state index is 0.144.